The van der Waals surface area contributed by atoms with Gasteiger partial charge in [0.05, 0.1) is 18.8 Å². The van der Waals surface area contributed by atoms with E-state index in [0.717, 1.165) is 17.5 Å². The molecule has 0 saturated carbocycles. The lowest BCUT2D eigenvalue weighted by Crippen LogP contribution is -2.30. The van der Waals surface area contributed by atoms with E-state index in [9.17, 15) is 9.90 Å². The molecule has 0 bridgehead atoms. The van der Waals surface area contributed by atoms with E-state index >= 15 is 0 Å². The Labute approximate surface area is 161 Å². The van der Waals surface area contributed by atoms with Gasteiger partial charge in [-0.2, -0.15) is 0 Å². The van der Waals surface area contributed by atoms with E-state index in [2.05, 4.69) is 18.2 Å². The van der Waals surface area contributed by atoms with Gasteiger partial charge < -0.3 is 9.84 Å². The smallest absolute Gasteiger partial charge is 0.138 e. The van der Waals surface area contributed by atoms with Crippen LogP contribution in [0.2, 0.25) is 5.02 Å². The first kappa shape index (κ1) is 17.7. The normalized spacial score (nSPS) is 20.6. The van der Waals surface area contributed by atoms with Crippen molar-refractivity contribution in [3.05, 3.63) is 69.6 Å². The van der Waals surface area contributed by atoms with Crippen LogP contribution in [-0.4, -0.2) is 23.6 Å². The molecule has 2 heterocycles. The van der Waals surface area contributed by atoms with E-state index in [0.29, 0.717) is 11.4 Å². The fraction of sp³-hybridized carbons (Fsp3) is 0.286. The fourth-order valence-electron chi connectivity index (χ4n) is 3.42. The Bertz CT molecular complexity index is 916. The van der Waals surface area contributed by atoms with Crippen molar-refractivity contribution in [1.29, 1.82) is 0 Å². The highest BCUT2D eigenvalue weighted by atomic mass is 35.5. The molecule has 0 amide bonds. The second kappa shape index (κ2) is 7.49. The molecular formula is C21H19ClO3S. The van der Waals surface area contributed by atoms with Gasteiger partial charge in [-0.3, -0.25) is 4.79 Å². The van der Waals surface area contributed by atoms with Crippen LogP contribution in [0, 0.1) is 0 Å². The van der Waals surface area contributed by atoms with Gasteiger partial charge in [0.1, 0.15) is 5.78 Å². The number of thiophene rings is 1. The maximum atomic E-state index is 11.9. The van der Waals surface area contributed by atoms with Crippen LogP contribution in [0.4, 0.5) is 0 Å². The minimum Gasteiger partial charge on any atom is -0.394 e. The minimum atomic E-state index is -0.414. The summed E-state index contributed by atoms with van der Waals surface area (Å²) in [5, 5.41) is 11.3. The number of aliphatic hydroxyl groups excluding tert-OH is 1. The van der Waals surface area contributed by atoms with Crippen LogP contribution < -0.4 is 0 Å². The number of ketones is 1. The van der Waals surface area contributed by atoms with Gasteiger partial charge in [0.2, 0.25) is 0 Å². The molecule has 3 aromatic rings. The standard InChI is InChI=1S/C21H19ClO3S/c22-19-6-5-13(20-11-16(24)10-17(12-23)25-20)7-15(19)9-18-8-14-3-1-2-4-21(14)26-18/h1-8,17,20,23H,9-12H2/t17-,20+/m0/s1. The molecule has 4 rings (SSSR count). The van der Waals surface area contributed by atoms with E-state index in [1.54, 1.807) is 11.3 Å². The van der Waals surface area contributed by atoms with Crippen molar-refractivity contribution in [3.8, 4) is 0 Å². The quantitative estimate of drug-likeness (QED) is 0.691. The van der Waals surface area contributed by atoms with Gasteiger partial charge in [0.25, 0.3) is 0 Å². The molecule has 1 aromatic heterocycles. The minimum absolute atomic E-state index is 0.126. The van der Waals surface area contributed by atoms with Crippen LogP contribution in [0.1, 0.15) is 34.9 Å². The molecule has 1 saturated heterocycles. The molecule has 26 heavy (non-hydrogen) atoms. The Morgan fingerprint density at radius 1 is 1.15 bits per heavy atom. The molecule has 5 heteroatoms. The second-order valence-corrected chi connectivity index (χ2v) is 8.23. The molecule has 1 aliphatic heterocycles. The Hall–Kier alpha value is -1.72. The summed E-state index contributed by atoms with van der Waals surface area (Å²) in [5.41, 5.74) is 1.97. The first-order valence-corrected chi connectivity index (χ1v) is 9.85. The van der Waals surface area contributed by atoms with Gasteiger partial charge >= 0.3 is 0 Å². The summed E-state index contributed by atoms with van der Waals surface area (Å²) in [6.07, 6.45) is 0.654. The van der Waals surface area contributed by atoms with Crippen molar-refractivity contribution in [3.63, 3.8) is 0 Å². The van der Waals surface area contributed by atoms with Gasteiger partial charge in [-0.25, -0.2) is 0 Å². The molecule has 0 radical (unpaired) electrons. The maximum absolute atomic E-state index is 11.9. The molecule has 3 nitrogen and oxygen atoms in total. The number of rotatable bonds is 4. The number of ether oxygens (including phenoxy) is 1. The van der Waals surface area contributed by atoms with E-state index in [1.807, 2.05) is 30.3 Å². The van der Waals surface area contributed by atoms with E-state index < -0.39 is 6.10 Å². The highest BCUT2D eigenvalue weighted by molar-refractivity contribution is 7.19. The molecule has 134 valence electrons. The number of fused-ring (bicyclic) bond motifs is 1. The SMILES string of the molecule is O=C1C[C@@H](CO)O[C@@H](c2ccc(Cl)c(Cc3cc4ccccc4s3)c2)C1. The number of carbonyl (C=O) groups excluding carboxylic acids is 1. The summed E-state index contributed by atoms with van der Waals surface area (Å²) in [6.45, 7) is -0.134. The zero-order valence-electron chi connectivity index (χ0n) is 14.2. The highest BCUT2D eigenvalue weighted by Crippen LogP contribution is 2.34. The van der Waals surface area contributed by atoms with Crippen molar-refractivity contribution < 1.29 is 14.6 Å². The van der Waals surface area contributed by atoms with Gasteiger partial charge in [-0.1, -0.05) is 41.9 Å². The largest absolute Gasteiger partial charge is 0.394 e. The number of benzene rings is 2. The average molecular weight is 387 g/mol. The van der Waals surface area contributed by atoms with Crippen LogP contribution in [0.5, 0.6) is 0 Å². The number of aliphatic hydroxyl groups is 1. The molecule has 1 aliphatic rings. The van der Waals surface area contributed by atoms with E-state index in [4.69, 9.17) is 16.3 Å². The molecule has 2 aromatic carbocycles. The van der Waals surface area contributed by atoms with Gasteiger partial charge in [-0.05, 0) is 34.7 Å². The number of halogens is 1. The summed E-state index contributed by atoms with van der Waals surface area (Å²) in [5.74, 6) is 0.126. The van der Waals surface area contributed by atoms with Gasteiger partial charge in [0.15, 0.2) is 0 Å². The van der Waals surface area contributed by atoms with Crippen LogP contribution in [0.3, 0.4) is 0 Å². The van der Waals surface area contributed by atoms with Gasteiger partial charge in [0, 0.05) is 33.9 Å². The topological polar surface area (TPSA) is 46.5 Å². The van der Waals surface area contributed by atoms with Crippen LogP contribution >= 0.6 is 22.9 Å². The molecule has 0 spiro atoms. The van der Waals surface area contributed by atoms with Gasteiger partial charge in [-0.15, -0.1) is 11.3 Å². The third-order valence-corrected chi connectivity index (χ3v) is 6.20. The summed E-state index contributed by atoms with van der Waals surface area (Å²) < 4.78 is 7.14. The Kier molecular flexibility index (Phi) is 5.09. The third kappa shape index (κ3) is 3.69. The van der Waals surface area contributed by atoms with Crippen molar-refractivity contribution in [2.24, 2.45) is 0 Å². The van der Waals surface area contributed by atoms with Crippen molar-refractivity contribution in [2.75, 3.05) is 6.61 Å². The Morgan fingerprint density at radius 2 is 2.00 bits per heavy atom. The number of carbonyl (C=O) groups is 1. The summed E-state index contributed by atoms with van der Waals surface area (Å²) in [4.78, 5) is 13.2. The highest BCUT2D eigenvalue weighted by Gasteiger charge is 2.28. The summed E-state index contributed by atoms with van der Waals surface area (Å²) >= 11 is 8.19. The molecule has 2 atom stereocenters. The lowest BCUT2D eigenvalue weighted by atomic mass is 9.95. The lowest BCUT2D eigenvalue weighted by molar-refractivity contribution is -0.139. The number of hydrogen-bond donors (Lipinski definition) is 1. The zero-order valence-corrected chi connectivity index (χ0v) is 15.7. The first-order valence-electron chi connectivity index (χ1n) is 8.66. The average Bonchev–Trinajstić information content (AvgIpc) is 3.05. The fourth-order valence-corrected chi connectivity index (χ4v) is 4.69. The molecule has 0 aliphatic carbocycles. The number of Topliss-reactive ketones (excluding diaryl/α,β-unsaturated/α-hetero) is 1. The van der Waals surface area contributed by atoms with E-state index in [-0.39, 0.29) is 24.9 Å². The molecular weight excluding hydrogens is 368 g/mol. The predicted octanol–water partition coefficient (Wildman–Crippen LogP) is 4.93. The summed E-state index contributed by atoms with van der Waals surface area (Å²) in [6, 6.07) is 16.3. The zero-order chi connectivity index (χ0) is 18.1. The van der Waals surface area contributed by atoms with E-state index in [1.165, 1.54) is 15.0 Å². The van der Waals surface area contributed by atoms with Crippen LogP contribution in [0.15, 0.2) is 48.5 Å². The monoisotopic (exact) mass is 386 g/mol. The maximum Gasteiger partial charge on any atom is 0.138 e. The predicted molar refractivity (Wildman–Crippen MR) is 105 cm³/mol. The molecule has 1 N–H and O–H groups in total. The summed E-state index contributed by atoms with van der Waals surface area (Å²) in [7, 11) is 0. The molecule has 1 fully saturated rings. The van der Waals surface area contributed by atoms with Crippen molar-refractivity contribution in [1.82, 2.24) is 0 Å². The lowest BCUT2D eigenvalue weighted by Gasteiger charge is -2.28. The number of hydrogen-bond acceptors (Lipinski definition) is 4. The van der Waals surface area contributed by atoms with Crippen LogP contribution in [0.25, 0.3) is 10.1 Å². The van der Waals surface area contributed by atoms with Crippen molar-refractivity contribution in [2.45, 2.75) is 31.5 Å². The Balaban J connectivity index is 1.60. The third-order valence-electron chi connectivity index (χ3n) is 4.71. The Morgan fingerprint density at radius 3 is 2.81 bits per heavy atom. The second-order valence-electron chi connectivity index (χ2n) is 6.65. The van der Waals surface area contributed by atoms with Crippen LogP contribution in [-0.2, 0) is 16.0 Å². The molecule has 0 unspecified atom stereocenters. The first-order chi connectivity index (χ1) is 12.6. The van der Waals surface area contributed by atoms with Crippen molar-refractivity contribution >= 4 is 38.8 Å².